The quantitative estimate of drug-likeness (QED) is 0.491. The highest BCUT2D eigenvalue weighted by Gasteiger charge is 2.52. The minimum atomic E-state index is -0.625. The molecule has 38 heavy (non-hydrogen) atoms. The van der Waals surface area contributed by atoms with Crippen molar-refractivity contribution in [3.05, 3.63) is 53.6 Å². The van der Waals surface area contributed by atoms with Crippen molar-refractivity contribution < 1.29 is 27.7 Å². The van der Waals surface area contributed by atoms with Gasteiger partial charge in [-0.1, -0.05) is 12.1 Å². The van der Waals surface area contributed by atoms with E-state index < -0.39 is 24.2 Å². The van der Waals surface area contributed by atoms with Crippen LogP contribution in [0, 0.1) is 17.6 Å². The molecule has 0 spiro atoms. The highest BCUT2D eigenvalue weighted by Crippen LogP contribution is 2.41. The van der Waals surface area contributed by atoms with Gasteiger partial charge in [-0.2, -0.15) is 0 Å². The first-order chi connectivity index (χ1) is 17.9. The van der Waals surface area contributed by atoms with E-state index in [1.54, 1.807) is 18.2 Å². The Labute approximate surface area is 221 Å². The maximum Gasteiger partial charge on any atom is 0.494 e. The van der Waals surface area contributed by atoms with E-state index in [0.29, 0.717) is 54.4 Å². The number of piperidine rings is 1. The molecule has 4 aliphatic rings. The van der Waals surface area contributed by atoms with E-state index in [2.05, 4.69) is 5.32 Å². The van der Waals surface area contributed by atoms with Gasteiger partial charge in [0.25, 0.3) is 0 Å². The summed E-state index contributed by atoms with van der Waals surface area (Å²) in [6, 6.07) is 10.1. The number of fused-ring (bicyclic) bond motifs is 1. The smallest absolute Gasteiger partial charge is 0.399 e. The summed E-state index contributed by atoms with van der Waals surface area (Å²) < 4.78 is 42.6. The number of nitrogens with one attached hydrogen (secondary N) is 1. The van der Waals surface area contributed by atoms with Crippen LogP contribution in [0.5, 0.6) is 0 Å². The Balaban J connectivity index is 1.14. The lowest BCUT2D eigenvalue weighted by atomic mass is 9.79. The van der Waals surface area contributed by atoms with Crippen LogP contribution < -0.4 is 20.6 Å². The van der Waals surface area contributed by atoms with Crippen molar-refractivity contribution in [2.24, 2.45) is 5.92 Å². The van der Waals surface area contributed by atoms with Gasteiger partial charge >= 0.3 is 7.12 Å². The van der Waals surface area contributed by atoms with Crippen LogP contribution in [0.1, 0.15) is 52.0 Å². The normalized spacial score (nSPS) is 27.8. The summed E-state index contributed by atoms with van der Waals surface area (Å²) in [6.45, 7) is 9.84. The van der Waals surface area contributed by atoms with Gasteiger partial charge in [-0.15, -0.1) is 0 Å². The monoisotopic (exact) mass is 523 g/mol. The third kappa shape index (κ3) is 4.09. The van der Waals surface area contributed by atoms with Gasteiger partial charge in [-0.05, 0) is 69.4 Å². The summed E-state index contributed by atoms with van der Waals surface area (Å²) >= 11 is 0. The first kappa shape index (κ1) is 25.3. The zero-order valence-corrected chi connectivity index (χ0v) is 22.1. The summed E-state index contributed by atoms with van der Waals surface area (Å²) in [5.74, 6) is -1.60. The molecule has 10 heteroatoms. The molecule has 4 heterocycles. The molecule has 6 rings (SSSR count). The number of anilines is 2. The number of benzene rings is 2. The Morgan fingerprint density at radius 2 is 1.61 bits per heavy atom. The fourth-order valence-corrected chi connectivity index (χ4v) is 6.00. The maximum atomic E-state index is 15.3. The molecule has 4 fully saturated rings. The van der Waals surface area contributed by atoms with E-state index in [1.807, 2.05) is 43.6 Å². The zero-order valence-electron chi connectivity index (χ0n) is 22.1. The minimum absolute atomic E-state index is 0.0770. The van der Waals surface area contributed by atoms with E-state index in [1.165, 1.54) is 12.1 Å². The second-order valence-electron chi connectivity index (χ2n) is 11.9. The van der Waals surface area contributed by atoms with Crippen molar-refractivity contribution in [1.29, 1.82) is 0 Å². The van der Waals surface area contributed by atoms with Crippen molar-refractivity contribution in [1.82, 2.24) is 5.32 Å². The lowest BCUT2D eigenvalue weighted by Crippen LogP contribution is -2.56. The first-order valence-electron chi connectivity index (χ1n) is 13.2. The second kappa shape index (κ2) is 8.78. The molecule has 0 radical (unpaired) electrons. The molecule has 3 atom stereocenters. The van der Waals surface area contributed by atoms with Crippen LogP contribution in [0.4, 0.5) is 20.2 Å². The molecule has 0 saturated carbocycles. The lowest BCUT2D eigenvalue weighted by Gasteiger charge is -2.45. The van der Waals surface area contributed by atoms with Gasteiger partial charge in [-0.25, -0.2) is 8.78 Å². The van der Waals surface area contributed by atoms with Crippen molar-refractivity contribution in [3.8, 4) is 0 Å². The molecule has 2 aromatic carbocycles. The fraction of sp³-hybridized carbons (Fsp3) is 0.500. The van der Waals surface area contributed by atoms with Crippen molar-refractivity contribution >= 4 is 35.8 Å². The number of rotatable bonds is 4. The van der Waals surface area contributed by atoms with Gasteiger partial charge in [0.1, 0.15) is 11.6 Å². The Bertz CT molecular complexity index is 1300. The average molecular weight is 523 g/mol. The van der Waals surface area contributed by atoms with E-state index in [-0.39, 0.29) is 35.9 Å². The summed E-state index contributed by atoms with van der Waals surface area (Å²) in [5, 5.41) is 2.33. The number of imide groups is 1. The molecule has 1 N–H and O–H groups in total. The number of nitrogens with zero attached hydrogens (tertiary/aromatic N) is 2. The SMILES string of the molecule is CC1(C)OB(c2ccc(N3C[C@@H]4CN(c5ccc(C6CCC(=O)NC6=O)cc5F)[C@@H]4C3)c(F)c2)OC1(C)C. The summed E-state index contributed by atoms with van der Waals surface area (Å²) in [5.41, 5.74) is 1.23. The molecule has 200 valence electrons. The molecule has 2 aromatic rings. The number of amides is 2. The van der Waals surface area contributed by atoms with Gasteiger partial charge in [0.15, 0.2) is 0 Å². The van der Waals surface area contributed by atoms with Gasteiger partial charge < -0.3 is 19.1 Å². The molecule has 1 unspecified atom stereocenters. The Kier molecular flexibility index (Phi) is 5.85. The molecular formula is C28H32BF2N3O4. The van der Waals surface area contributed by atoms with Crippen molar-refractivity contribution in [3.63, 3.8) is 0 Å². The van der Waals surface area contributed by atoms with Crippen LogP contribution in [0.3, 0.4) is 0 Å². The van der Waals surface area contributed by atoms with E-state index >= 15 is 8.78 Å². The van der Waals surface area contributed by atoms with Crippen LogP contribution >= 0.6 is 0 Å². The third-order valence-corrected chi connectivity index (χ3v) is 9.00. The highest BCUT2D eigenvalue weighted by molar-refractivity contribution is 6.62. The molecular weight excluding hydrogens is 491 g/mol. The van der Waals surface area contributed by atoms with Crippen LogP contribution in [0.25, 0.3) is 0 Å². The zero-order chi connectivity index (χ0) is 27.0. The van der Waals surface area contributed by atoms with E-state index in [0.717, 1.165) is 0 Å². The summed E-state index contributed by atoms with van der Waals surface area (Å²) in [4.78, 5) is 27.7. The van der Waals surface area contributed by atoms with E-state index in [9.17, 15) is 9.59 Å². The predicted octanol–water partition coefficient (Wildman–Crippen LogP) is 3.11. The van der Waals surface area contributed by atoms with Gasteiger partial charge in [0.05, 0.1) is 34.5 Å². The molecule has 7 nitrogen and oxygen atoms in total. The van der Waals surface area contributed by atoms with Crippen LogP contribution in [-0.2, 0) is 18.9 Å². The number of hydrogen-bond donors (Lipinski definition) is 1. The number of carbonyl (C=O) groups excluding carboxylic acids is 2. The Hall–Kier alpha value is -2.98. The fourth-order valence-electron chi connectivity index (χ4n) is 6.00. The highest BCUT2D eigenvalue weighted by atomic mass is 19.1. The van der Waals surface area contributed by atoms with Crippen LogP contribution in [-0.4, -0.2) is 55.8 Å². The predicted molar refractivity (Wildman–Crippen MR) is 140 cm³/mol. The Morgan fingerprint density at radius 3 is 2.26 bits per heavy atom. The molecule has 0 aromatic heterocycles. The topological polar surface area (TPSA) is 71.1 Å². The molecule has 0 aliphatic carbocycles. The second-order valence-corrected chi connectivity index (χ2v) is 11.9. The number of hydrogen-bond acceptors (Lipinski definition) is 6. The minimum Gasteiger partial charge on any atom is -0.399 e. The van der Waals surface area contributed by atoms with Crippen molar-refractivity contribution in [2.75, 3.05) is 29.4 Å². The summed E-state index contributed by atoms with van der Waals surface area (Å²) in [6.07, 6.45) is 0.630. The largest absolute Gasteiger partial charge is 0.494 e. The molecule has 0 bridgehead atoms. The van der Waals surface area contributed by atoms with Crippen LogP contribution in [0.2, 0.25) is 0 Å². The maximum absolute atomic E-state index is 15.3. The van der Waals surface area contributed by atoms with Crippen LogP contribution in [0.15, 0.2) is 36.4 Å². The number of halogens is 2. The third-order valence-electron chi connectivity index (χ3n) is 9.00. The van der Waals surface area contributed by atoms with Crippen molar-refractivity contribution in [2.45, 2.75) is 63.7 Å². The van der Waals surface area contributed by atoms with Gasteiger partial charge in [-0.3, -0.25) is 14.9 Å². The van der Waals surface area contributed by atoms with Gasteiger partial charge in [0, 0.05) is 32.0 Å². The lowest BCUT2D eigenvalue weighted by molar-refractivity contribution is -0.134. The standard InChI is InChI=1S/C28H32BF2N3O4/c1-27(2)28(3,4)38-29(37-27)18-6-9-22(21(31)12-18)33-13-17-14-34(24(17)15-33)23-8-5-16(11-20(23)30)19-7-10-25(35)32-26(19)36/h5-6,8-9,11-12,17,19,24H,7,10,13-15H2,1-4H3,(H,32,35,36)/t17-,19?,24-/m1/s1. The van der Waals surface area contributed by atoms with E-state index in [4.69, 9.17) is 9.31 Å². The first-order valence-corrected chi connectivity index (χ1v) is 13.2. The molecule has 4 saturated heterocycles. The molecule has 4 aliphatic heterocycles. The molecule has 2 amide bonds. The Morgan fingerprint density at radius 1 is 0.921 bits per heavy atom. The van der Waals surface area contributed by atoms with Gasteiger partial charge in [0.2, 0.25) is 11.8 Å². The number of carbonyl (C=O) groups is 2. The average Bonchev–Trinajstić information content (AvgIpc) is 3.26. The summed E-state index contributed by atoms with van der Waals surface area (Å²) in [7, 11) is -0.625.